The van der Waals surface area contributed by atoms with Crippen LogP contribution in [0, 0.1) is 0 Å². The molecule has 1 aliphatic rings. The lowest BCUT2D eigenvalue weighted by molar-refractivity contribution is -0.188. The number of rotatable bonds is 4. The van der Waals surface area contributed by atoms with Crippen LogP contribution in [0.2, 0.25) is 0 Å². The fourth-order valence-electron chi connectivity index (χ4n) is 2.41. The molecular weight excluding hydrogens is 285 g/mol. The third-order valence-electron chi connectivity index (χ3n) is 3.37. The fourth-order valence-corrected chi connectivity index (χ4v) is 2.41. The molecule has 0 radical (unpaired) electrons. The molecule has 21 heavy (non-hydrogen) atoms. The molecule has 2 rings (SSSR count). The van der Waals surface area contributed by atoms with Crippen molar-refractivity contribution in [3.8, 4) is 0 Å². The van der Waals surface area contributed by atoms with Gasteiger partial charge in [-0.05, 0) is 37.8 Å². The van der Waals surface area contributed by atoms with E-state index in [9.17, 15) is 18.0 Å². The highest BCUT2D eigenvalue weighted by molar-refractivity contribution is 5.93. The maximum absolute atomic E-state index is 12.1. The van der Waals surface area contributed by atoms with Crippen LogP contribution in [0.25, 0.3) is 0 Å². The van der Waals surface area contributed by atoms with Gasteiger partial charge in [-0.1, -0.05) is 0 Å². The van der Waals surface area contributed by atoms with E-state index < -0.39 is 18.9 Å². The number of nitrogens with one attached hydrogen (secondary N) is 1. The number of hydrogen-bond acceptors (Lipinski definition) is 3. The van der Waals surface area contributed by atoms with Crippen LogP contribution in [0.4, 0.5) is 13.2 Å². The summed E-state index contributed by atoms with van der Waals surface area (Å²) in [7, 11) is 0. The van der Waals surface area contributed by atoms with Crippen molar-refractivity contribution in [1.29, 1.82) is 0 Å². The van der Waals surface area contributed by atoms with Gasteiger partial charge in [0.05, 0.1) is 11.7 Å². The van der Waals surface area contributed by atoms with Crippen molar-refractivity contribution in [1.82, 2.24) is 10.3 Å². The summed E-state index contributed by atoms with van der Waals surface area (Å²) in [5.41, 5.74) is 0.441. The molecule has 7 heteroatoms. The van der Waals surface area contributed by atoms with Gasteiger partial charge in [-0.15, -0.1) is 0 Å². The molecule has 0 aromatic carbocycles. The lowest BCUT2D eigenvalue weighted by Gasteiger charge is -2.30. The molecule has 1 heterocycles. The monoisotopic (exact) mass is 302 g/mol. The molecule has 1 aromatic rings. The summed E-state index contributed by atoms with van der Waals surface area (Å²) in [6.45, 7) is -1.24. The highest BCUT2D eigenvalue weighted by Crippen LogP contribution is 2.24. The molecule has 1 aliphatic carbocycles. The lowest BCUT2D eigenvalue weighted by atomic mass is 9.92. The van der Waals surface area contributed by atoms with Gasteiger partial charge < -0.3 is 10.1 Å². The van der Waals surface area contributed by atoms with E-state index in [-0.39, 0.29) is 11.9 Å². The third kappa shape index (κ3) is 5.34. The first-order chi connectivity index (χ1) is 9.94. The second kappa shape index (κ2) is 6.89. The molecule has 1 aromatic heterocycles. The summed E-state index contributed by atoms with van der Waals surface area (Å²) >= 11 is 0. The van der Waals surface area contributed by atoms with E-state index in [0.29, 0.717) is 18.4 Å². The maximum Gasteiger partial charge on any atom is 0.411 e. The first kappa shape index (κ1) is 15.8. The molecule has 116 valence electrons. The minimum Gasteiger partial charge on any atom is -0.369 e. The Bertz CT molecular complexity index is 465. The fraction of sp³-hybridized carbons (Fsp3) is 0.571. The van der Waals surface area contributed by atoms with Gasteiger partial charge in [-0.2, -0.15) is 13.2 Å². The molecule has 0 spiro atoms. The number of amides is 1. The predicted octanol–water partition coefficient (Wildman–Crippen LogP) is 2.70. The first-order valence-electron chi connectivity index (χ1n) is 6.83. The van der Waals surface area contributed by atoms with Gasteiger partial charge >= 0.3 is 6.18 Å². The zero-order chi connectivity index (χ0) is 15.3. The van der Waals surface area contributed by atoms with Crippen molar-refractivity contribution in [3.05, 3.63) is 30.1 Å². The molecule has 2 atom stereocenters. The van der Waals surface area contributed by atoms with E-state index in [1.165, 1.54) is 6.20 Å². The van der Waals surface area contributed by atoms with Crippen LogP contribution >= 0.6 is 0 Å². The number of alkyl halides is 3. The standard InChI is InChI=1S/C14H17F3N2O2/c15-14(16,17)9-21-12-5-1-4-11(7-12)19-13(20)10-3-2-6-18-8-10/h2-3,6,8,11-12H,1,4-5,7,9H2,(H,19,20)/t11-,12-/m0/s1. The average molecular weight is 302 g/mol. The smallest absolute Gasteiger partial charge is 0.369 e. The Kier molecular flexibility index (Phi) is 5.17. The van der Waals surface area contributed by atoms with E-state index in [0.717, 1.165) is 12.8 Å². The minimum absolute atomic E-state index is 0.162. The summed E-state index contributed by atoms with van der Waals surface area (Å²) in [6, 6.07) is 3.14. The SMILES string of the molecule is O=C(N[C@H]1CCC[C@H](OCC(F)(F)F)C1)c1cccnc1. The highest BCUT2D eigenvalue weighted by Gasteiger charge is 2.31. The van der Waals surface area contributed by atoms with Crippen molar-refractivity contribution in [3.63, 3.8) is 0 Å². The number of aromatic nitrogens is 1. The van der Waals surface area contributed by atoms with Crippen LogP contribution in [-0.2, 0) is 4.74 Å². The molecule has 0 saturated heterocycles. The van der Waals surface area contributed by atoms with Gasteiger partial charge in [0.1, 0.15) is 6.61 Å². The summed E-state index contributed by atoms with van der Waals surface area (Å²) < 4.78 is 41.3. The molecule has 1 fully saturated rings. The van der Waals surface area contributed by atoms with Crippen molar-refractivity contribution in [2.45, 2.75) is 44.0 Å². The van der Waals surface area contributed by atoms with Gasteiger partial charge in [-0.25, -0.2) is 0 Å². The Morgan fingerprint density at radius 2 is 2.24 bits per heavy atom. The van der Waals surface area contributed by atoms with Crippen LogP contribution in [0.3, 0.4) is 0 Å². The van der Waals surface area contributed by atoms with E-state index in [1.807, 2.05) is 0 Å². The second-order valence-corrected chi connectivity index (χ2v) is 5.13. The summed E-state index contributed by atoms with van der Waals surface area (Å²) in [4.78, 5) is 15.8. The van der Waals surface area contributed by atoms with Gasteiger partial charge in [0.25, 0.3) is 5.91 Å². The molecule has 1 saturated carbocycles. The van der Waals surface area contributed by atoms with Crippen LogP contribution in [0.5, 0.6) is 0 Å². The number of carbonyl (C=O) groups is 1. The van der Waals surface area contributed by atoms with Crippen molar-refractivity contribution in [2.75, 3.05) is 6.61 Å². The quantitative estimate of drug-likeness (QED) is 0.930. The molecule has 0 bridgehead atoms. The lowest BCUT2D eigenvalue weighted by Crippen LogP contribution is -2.41. The topological polar surface area (TPSA) is 51.2 Å². The van der Waals surface area contributed by atoms with Gasteiger partial charge in [0, 0.05) is 18.4 Å². The zero-order valence-corrected chi connectivity index (χ0v) is 11.4. The Morgan fingerprint density at radius 1 is 1.43 bits per heavy atom. The summed E-state index contributed by atoms with van der Waals surface area (Å²) in [5, 5.41) is 2.82. The van der Waals surface area contributed by atoms with E-state index in [2.05, 4.69) is 10.3 Å². The molecule has 1 amide bonds. The molecule has 1 N–H and O–H groups in total. The van der Waals surface area contributed by atoms with Crippen molar-refractivity contribution in [2.24, 2.45) is 0 Å². The zero-order valence-electron chi connectivity index (χ0n) is 11.4. The normalized spacial score (nSPS) is 22.8. The number of hydrogen-bond donors (Lipinski definition) is 1. The van der Waals surface area contributed by atoms with Crippen molar-refractivity contribution >= 4 is 5.91 Å². The molecule has 0 unspecified atom stereocenters. The van der Waals surface area contributed by atoms with E-state index in [1.54, 1.807) is 18.3 Å². The van der Waals surface area contributed by atoms with Crippen molar-refractivity contribution < 1.29 is 22.7 Å². The Balaban J connectivity index is 1.82. The van der Waals surface area contributed by atoms with E-state index >= 15 is 0 Å². The number of pyridine rings is 1. The second-order valence-electron chi connectivity index (χ2n) is 5.13. The number of nitrogens with zero attached hydrogens (tertiary/aromatic N) is 1. The Hall–Kier alpha value is -1.63. The minimum atomic E-state index is -4.31. The predicted molar refractivity (Wildman–Crippen MR) is 69.8 cm³/mol. The first-order valence-corrected chi connectivity index (χ1v) is 6.83. The largest absolute Gasteiger partial charge is 0.411 e. The maximum atomic E-state index is 12.1. The van der Waals surface area contributed by atoms with Gasteiger partial charge in [0.2, 0.25) is 0 Å². The Labute approximate surface area is 120 Å². The Morgan fingerprint density at radius 3 is 2.90 bits per heavy atom. The van der Waals surface area contributed by atoms with Crippen LogP contribution in [0.1, 0.15) is 36.0 Å². The van der Waals surface area contributed by atoms with Crippen LogP contribution in [0.15, 0.2) is 24.5 Å². The number of carbonyl (C=O) groups excluding carboxylic acids is 1. The number of halogens is 3. The third-order valence-corrected chi connectivity index (χ3v) is 3.37. The summed E-state index contributed by atoms with van der Waals surface area (Å²) in [5.74, 6) is -0.260. The average Bonchev–Trinajstić information content (AvgIpc) is 2.46. The summed E-state index contributed by atoms with van der Waals surface area (Å²) in [6.07, 6.45) is 0.732. The van der Waals surface area contributed by atoms with Gasteiger partial charge in [-0.3, -0.25) is 9.78 Å². The van der Waals surface area contributed by atoms with Crippen LogP contribution < -0.4 is 5.32 Å². The molecule has 4 nitrogen and oxygen atoms in total. The molecule has 0 aliphatic heterocycles. The number of ether oxygens (including phenoxy) is 1. The van der Waals surface area contributed by atoms with E-state index in [4.69, 9.17) is 4.74 Å². The van der Waals surface area contributed by atoms with Gasteiger partial charge in [0.15, 0.2) is 0 Å². The molecular formula is C14H17F3N2O2. The van der Waals surface area contributed by atoms with Crippen LogP contribution in [-0.4, -0.2) is 35.8 Å². The highest BCUT2D eigenvalue weighted by atomic mass is 19.4.